The zero-order valence-corrected chi connectivity index (χ0v) is 19.4. The van der Waals surface area contributed by atoms with Gasteiger partial charge in [0.2, 0.25) is 5.91 Å². The molecule has 28 heavy (non-hydrogen) atoms. The van der Waals surface area contributed by atoms with E-state index in [4.69, 9.17) is 0 Å². The summed E-state index contributed by atoms with van der Waals surface area (Å²) in [4.78, 5) is 18.9. The first-order valence-corrected chi connectivity index (χ1v) is 9.88. The van der Waals surface area contributed by atoms with E-state index in [0.29, 0.717) is 5.96 Å². The van der Waals surface area contributed by atoms with Crippen LogP contribution in [0.5, 0.6) is 0 Å². The third kappa shape index (κ3) is 9.93. The van der Waals surface area contributed by atoms with Crippen molar-refractivity contribution in [1.29, 1.82) is 0 Å². The Labute approximate surface area is 187 Å². The molecule has 0 unspecified atom stereocenters. The minimum absolute atomic E-state index is 0. The number of aromatic nitrogens is 3. The van der Waals surface area contributed by atoms with E-state index < -0.39 is 0 Å². The number of hydrogen-bond acceptors (Lipinski definition) is 5. The summed E-state index contributed by atoms with van der Waals surface area (Å²) in [6.45, 7) is 2.39. The van der Waals surface area contributed by atoms with Gasteiger partial charge in [0.25, 0.3) is 0 Å². The normalized spacial score (nSPS) is 10.9. The number of amides is 1. The number of guanidine groups is 1. The molecule has 0 saturated heterocycles. The Morgan fingerprint density at radius 2 is 1.96 bits per heavy atom. The van der Waals surface area contributed by atoms with E-state index in [0.717, 1.165) is 31.8 Å². The van der Waals surface area contributed by atoms with Crippen molar-refractivity contribution in [2.24, 2.45) is 4.99 Å². The number of aliphatic imine (C=N–C) groups is 1. The van der Waals surface area contributed by atoms with Gasteiger partial charge in [0.1, 0.15) is 6.54 Å². The van der Waals surface area contributed by atoms with Gasteiger partial charge in [-0.15, -0.1) is 40.8 Å². The maximum atomic E-state index is 11.8. The first kappa shape index (κ1) is 24.2. The molecule has 1 amide bonds. The van der Waals surface area contributed by atoms with E-state index in [9.17, 15) is 4.79 Å². The molecule has 2 rings (SSSR count). The zero-order chi connectivity index (χ0) is 19.3. The van der Waals surface area contributed by atoms with Crippen LogP contribution in [0.4, 0.5) is 0 Å². The number of carbonyl (C=O) groups is 1. The Hall–Kier alpha value is -1.82. The van der Waals surface area contributed by atoms with Gasteiger partial charge in [-0.25, -0.2) is 4.99 Å². The van der Waals surface area contributed by atoms with Crippen LogP contribution in [0.25, 0.3) is 0 Å². The number of nitrogens with one attached hydrogen (secondary N) is 2. The molecule has 0 radical (unpaired) electrons. The first-order chi connectivity index (χ1) is 13.1. The SMILES string of the molecule is CN(C)C(=O)CN=C(NCCCn1ccnn1)NCCSc1ccccc1.I. The molecule has 10 heteroatoms. The van der Waals surface area contributed by atoms with Gasteiger partial charge in [-0.1, -0.05) is 23.4 Å². The van der Waals surface area contributed by atoms with Crippen LogP contribution < -0.4 is 10.6 Å². The molecule has 0 atom stereocenters. The number of nitrogens with zero attached hydrogens (tertiary/aromatic N) is 5. The molecular weight excluding hydrogens is 489 g/mol. The monoisotopic (exact) mass is 517 g/mol. The second kappa shape index (κ2) is 14.2. The van der Waals surface area contributed by atoms with Crippen molar-refractivity contribution in [2.75, 3.05) is 39.5 Å². The van der Waals surface area contributed by atoms with Gasteiger partial charge in [0.15, 0.2) is 5.96 Å². The van der Waals surface area contributed by atoms with Gasteiger partial charge < -0.3 is 15.5 Å². The summed E-state index contributed by atoms with van der Waals surface area (Å²) in [5.41, 5.74) is 0. The average molecular weight is 517 g/mol. The molecule has 1 aromatic carbocycles. The summed E-state index contributed by atoms with van der Waals surface area (Å²) in [6.07, 6.45) is 4.38. The molecule has 0 aliphatic heterocycles. The van der Waals surface area contributed by atoms with Crippen molar-refractivity contribution in [2.45, 2.75) is 17.9 Å². The molecule has 0 aliphatic rings. The lowest BCUT2D eigenvalue weighted by atomic mass is 10.4. The predicted octanol–water partition coefficient (Wildman–Crippen LogP) is 1.70. The van der Waals surface area contributed by atoms with Crippen molar-refractivity contribution in [1.82, 2.24) is 30.5 Å². The van der Waals surface area contributed by atoms with Gasteiger partial charge in [0.05, 0.1) is 6.20 Å². The molecule has 2 N–H and O–H groups in total. The summed E-state index contributed by atoms with van der Waals surface area (Å²) >= 11 is 1.78. The van der Waals surface area contributed by atoms with E-state index in [1.165, 1.54) is 9.80 Å². The van der Waals surface area contributed by atoms with Crippen LogP contribution in [0.3, 0.4) is 0 Å². The van der Waals surface area contributed by atoms with Crippen molar-refractivity contribution in [3.05, 3.63) is 42.7 Å². The Morgan fingerprint density at radius 1 is 1.21 bits per heavy atom. The highest BCUT2D eigenvalue weighted by Gasteiger charge is 2.04. The first-order valence-electron chi connectivity index (χ1n) is 8.89. The molecule has 2 aromatic rings. The molecule has 8 nitrogen and oxygen atoms in total. The molecule has 0 bridgehead atoms. The molecule has 1 aromatic heterocycles. The minimum Gasteiger partial charge on any atom is -0.356 e. The smallest absolute Gasteiger partial charge is 0.243 e. The standard InChI is InChI=1S/C18H27N7OS.HI/c1-24(2)17(26)15-21-18(19-9-6-12-25-13-10-22-23-25)20-11-14-27-16-7-4-3-5-8-16;/h3-5,7-8,10,13H,6,9,11-12,14-15H2,1-2H3,(H2,19,20,21);1H. The second-order valence-corrected chi connectivity index (χ2v) is 7.16. The summed E-state index contributed by atoms with van der Waals surface area (Å²) in [5, 5.41) is 14.3. The molecule has 1 heterocycles. The van der Waals surface area contributed by atoms with Crippen LogP contribution in [0.15, 0.2) is 52.6 Å². The average Bonchev–Trinajstić information content (AvgIpc) is 3.19. The Morgan fingerprint density at radius 3 is 2.64 bits per heavy atom. The van der Waals surface area contributed by atoms with E-state index >= 15 is 0 Å². The highest BCUT2D eigenvalue weighted by atomic mass is 127. The van der Waals surface area contributed by atoms with E-state index in [2.05, 4.69) is 38.1 Å². The second-order valence-electron chi connectivity index (χ2n) is 5.99. The fourth-order valence-corrected chi connectivity index (χ4v) is 2.91. The van der Waals surface area contributed by atoms with Gasteiger partial charge in [-0.3, -0.25) is 9.48 Å². The van der Waals surface area contributed by atoms with Crippen LogP contribution in [0.1, 0.15) is 6.42 Å². The third-order valence-corrected chi connectivity index (χ3v) is 4.62. The van der Waals surface area contributed by atoms with Crippen LogP contribution in [0.2, 0.25) is 0 Å². The zero-order valence-electron chi connectivity index (χ0n) is 16.2. The fraction of sp³-hybridized carbons (Fsp3) is 0.444. The van der Waals surface area contributed by atoms with E-state index in [-0.39, 0.29) is 36.4 Å². The highest BCUT2D eigenvalue weighted by molar-refractivity contribution is 14.0. The van der Waals surface area contributed by atoms with Gasteiger partial charge in [-0.2, -0.15) is 0 Å². The molecule has 0 spiro atoms. The maximum absolute atomic E-state index is 11.8. The van der Waals surface area contributed by atoms with Crippen LogP contribution in [-0.4, -0.2) is 71.2 Å². The Balaban J connectivity index is 0.00000392. The molecule has 0 fully saturated rings. The number of aryl methyl sites for hydroxylation is 1. The number of likely N-dealkylation sites (N-methyl/N-ethyl adjacent to an activating group) is 1. The predicted molar refractivity (Wildman–Crippen MR) is 124 cm³/mol. The van der Waals surface area contributed by atoms with Gasteiger partial charge in [0, 0.05) is 50.6 Å². The van der Waals surface area contributed by atoms with E-state index in [1.807, 2.05) is 24.4 Å². The molecular formula is C18H28IN7OS. The highest BCUT2D eigenvalue weighted by Crippen LogP contribution is 2.15. The number of rotatable bonds is 10. The number of hydrogen-bond donors (Lipinski definition) is 2. The number of thioether (sulfide) groups is 1. The molecule has 154 valence electrons. The Kier molecular flexibility index (Phi) is 12.3. The number of carbonyl (C=O) groups excluding carboxylic acids is 1. The third-order valence-electron chi connectivity index (χ3n) is 3.61. The molecule has 0 aliphatic carbocycles. The largest absolute Gasteiger partial charge is 0.356 e. The van der Waals surface area contributed by atoms with Gasteiger partial charge in [-0.05, 0) is 18.6 Å². The van der Waals surface area contributed by atoms with Gasteiger partial charge >= 0.3 is 0 Å². The quantitative estimate of drug-likeness (QED) is 0.164. The Bertz CT molecular complexity index is 695. The van der Waals surface area contributed by atoms with Crippen molar-refractivity contribution < 1.29 is 4.79 Å². The maximum Gasteiger partial charge on any atom is 0.243 e. The van der Waals surface area contributed by atoms with Crippen molar-refractivity contribution in [3.63, 3.8) is 0 Å². The van der Waals surface area contributed by atoms with Crippen molar-refractivity contribution in [3.8, 4) is 0 Å². The summed E-state index contributed by atoms with van der Waals surface area (Å²) in [5.74, 6) is 1.53. The summed E-state index contributed by atoms with van der Waals surface area (Å²) < 4.78 is 1.79. The van der Waals surface area contributed by atoms with Crippen molar-refractivity contribution >= 4 is 47.6 Å². The summed E-state index contributed by atoms with van der Waals surface area (Å²) in [6, 6.07) is 10.3. The van der Waals surface area contributed by atoms with E-state index in [1.54, 1.807) is 36.7 Å². The number of halogens is 1. The lowest BCUT2D eigenvalue weighted by Gasteiger charge is -2.13. The van der Waals surface area contributed by atoms with Crippen LogP contribution >= 0.6 is 35.7 Å². The lowest BCUT2D eigenvalue weighted by Crippen LogP contribution is -2.40. The fourth-order valence-electron chi connectivity index (χ4n) is 2.12. The molecule has 0 saturated carbocycles. The number of benzene rings is 1. The lowest BCUT2D eigenvalue weighted by molar-refractivity contribution is -0.127. The summed E-state index contributed by atoms with van der Waals surface area (Å²) in [7, 11) is 3.46. The van der Waals surface area contributed by atoms with Crippen LogP contribution in [-0.2, 0) is 11.3 Å². The van der Waals surface area contributed by atoms with Crippen LogP contribution in [0, 0.1) is 0 Å². The minimum atomic E-state index is -0.0302. The topological polar surface area (TPSA) is 87.4 Å².